The zero-order valence-corrected chi connectivity index (χ0v) is 9.29. The molecule has 1 aromatic rings. The van der Waals surface area contributed by atoms with E-state index in [2.05, 4.69) is 11.7 Å². The zero-order chi connectivity index (χ0) is 9.84. The third-order valence-corrected chi connectivity index (χ3v) is 3.47. The number of rotatable bonds is 3. The summed E-state index contributed by atoms with van der Waals surface area (Å²) in [5.41, 5.74) is 1.03. The highest BCUT2D eigenvalue weighted by atomic mass is 33.5. The molecule has 0 aliphatic carbocycles. The van der Waals surface area contributed by atoms with Crippen LogP contribution in [-0.2, 0) is 0 Å². The molecule has 3 nitrogen and oxygen atoms in total. The van der Waals surface area contributed by atoms with E-state index in [9.17, 15) is 10.1 Å². The highest BCUT2D eigenvalue weighted by molar-refractivity contribution is 9.05. The molecule has 1 aromatic carbocycles. The number of aryl methyl sites for hydroxylation is 1. The Morgan fingerprint density at radius 3 is 2.77 bits per heavy atom. The largest absolute Gasteiger partial charge is 0.284 e. The minimum atomic E-state index is -0.376. The summed E-state index contributed by atoms with van der Waals surface area (Å²) >= 11 is 3.93. The van der Waals surface area contributed by atoms with Gasteiger partial charge in [0.15, 0.2) is 0 Å². The molecule has 1 rings (SSSR count). The molecule has 13 heavy (non-hydrogen) atoms. The fourth-order valence-electron chi connectivity index (χ4n) is 0.881. The van der Waals surface area contributed by atoms with Crippen molar-refractivity contribution in [3.05, 3.63) is 33.9 Å². The van der Waals surface area contributed by atoms with Crippen LogP contribution in [0.4, 0.5) is 5.69 Å². The van der Waals surface area contributed by atoms with Crippen LogP contribution < -0.4 is 0 Å². The molecule has 0 bridgehead atoms. The summed E-state index contributed by atoms with van der Waals surface area (Å²) in [5.74, 6) is 0. The van der Waals surface area contributed by atoms with Gasteiger partial charge in [-0.05, 0) is 39.2 Å². The Labute approximate surface area is 88.7 Å². The van der Waals surface area contributed by atoms with Gasteiger partial charge in [-0.3, -0.25) is 10.1 Å². The maximum Gasteiger partial charge on any atom is 0.284 e. The Kier molecular flexibility index (Phi) is 3.95. The summed E-state index contributed by atoms with van der Waals surface area (Å²) in [6.45, 7) is 1.83. The maximum absolute atomic E-state index is 10.6. The molecular weight excluding hydrogens is 226 g/mol. The first-order chi connectivity index (χ1) is 6.15. The van der Waals surface area contributed by atoms with Gasteiger partial charge in [-0.15, -0.1) is 0 Å². The Balaban J connectivity index is 3.10. The number of nitrogens with zero attached hydrogens (tertiary/aromatic N) is 1. The second-order valence-corrected chi connectivity index (χ2v) is 5.43. The molecule has 0 N–H and O–H groups in total. The van der Waals surface area contributed by atoms with Crippen LogP contribution in [0.1, 0.15) is 5.56 Å². The van der Waals surface area contributed by atoms with Crippen molar-refractivity contribution < 1.29 is 4.92 Å². The quantitative estimate of drug-likeness (QED) is 0.375. The zero-order valence-electron chi connectivity index (χ0n) is 6.76. The molecule has 0 heterocycles. The molecule has 0 saturated heterocycles. The number of hydrogen-bond acceptors (Lipinski definition) is 5. The smallest absolute Gasteiger partial charge is 0.258 e. The minimum Gasteiger partial charge on any atom is -0.258 e. The van der Waals surface area contributed by atoms with E-state index in [4.69, 9.17) is 0 Å². The van der Waals surface area contributed by atoms with Crippen LogP contribution in [0.2, 0.25) is 0 Å². The van der Waals surface area contributed by atoms with Crippen LogP contribution >= 0.6 is 32.3 Å². The third-order valence-electron chi connectivity index (χ3n) is 1.44. The van der Waals surface area contributed by atoms with Crippen molar-refractivity contribution in [3.63, 3.8) is 0 Å². The lowest BCUT2D eigenvalue weighted by molar-refractivity contribution is -0.387. The van der Waals surface area contributed by atoms with Crippen molar-refractivity contribution in [3.8, 4) is 0 Å². The van der Waals surface area contributed by atoms with E-state index in [0.29, 0.717) is 4.90 Å². The van der Waals surface area contributed by atoms with Gasteiger partial charge in [-0.25, -0.2) is 0 Å². The SMILES string of the molecule is Cc1ccc(SSS)c([N+](=O)[O-])c1. The molecule has 0 aliphatic rings. The molecule has 70 valence electrons. The maximum atomic E-state index is 10.6. The summed E-state index contributed by atoms with van der Waals surface area (Å²) < 4.78 is 0. The topological polar surface area (TPSA) is 43.1 Å². The van der Waals surface area contributed by atoms with E-state index in [1.54, 1.807) is 12.1 Å². The molecule has 0 spiro atoms. The lowest BCUT2D eigenvalue weighted by atomic mass is 10.2. The van der Waals surface area contributed by atoms with Crippen molar-refractivity contribution in [2.45, 2.75) is 11.8 Å². The summed E-state index contributed by atoms with van der Waals surface area (Å²) in [5, 5.41) is 10.6. The predicted octanol–water partition coefficient (Wildman–Crippen LogP) is 3.49. The standard InChI is InChI=1S/C7H7NO2S3/c1-5-2-3-7(12-13-11)6(4-5)8(9)10/h2-4,11H,1H3. The van der Waals surface area contributed by atoms with Gasteiger partial charge in [-0.2, -0.15) is 0 Å². The van der Waals surface area contributed by atoms with Crippen molar-refractivity contribution in [2.75, 3.05) is 0 Å². The highest BCUT2D eigenvalue weighted by Gasteiger charge is 2.13. The molecule has 0 aliphatic heterocycles. The summed E-state index contributed by atoms with van der Waals surface area (Å²) in [4.78, 5) is 10.9. The number of nitro groups is 1. The van der Waals surface area contributed by atoms with Gasteiger partial charge in [0.2, 0.25) is 0 Å². The van der Waals surface area contributed by atoms with Crippen LogP contribution in [0.5, 0.6) is 0 Å². The molecule has 0 aromatic heterocycles. The Bertz CT molecular complexity index is 330. The average Bonchev–Trinajstić information content (AvgIpc) is 2.08. The summed E-state index contributed by atoms with van der Waals surface area (Å²) in [6.07, 6.45) is 0. The van der Waals surface area contributed by atoms with E-state index >= 15 is 0 Å². The molecule has 0 amide bonds. The van der Waals surface area contributed by atoms with Gasteiger partial charge in [0.25, 0.3) is 5.69 Å². The van der Waals surface area contributed by atoms with Gasteiger partial charge in [0, 0.05) is 6.07 Å². The van der Waals surface area contributed by atoms with E-state index in [1.807, 2.05) is 13.0 Å². The first-order valence-corrected chi connectivity index (χ1v) is 6.58. The van der Waals surface area contributed by atoms with Crippen LogP contribution in [0.3, 0.4) is 0 Å². The molecule has 0 atom stereocenters. The van der Waals surface area contributed by atoms with Gasteiger partial charge >= 0.3 is 0 Å². The number of nitro benzene ring substituents is 1. The lowest BCUT2D eigenvalue weighted by Crippen LogP contribution is -1.90. The van der Waals surface area contributed by atoms with Crippen LogP contribution in [0.25, 0.3) is 0 Å². The predicted molar refractivity (Wildman–Crippen MR) is 60.3 cm³/mol. The minimum absolute atomic E-state index is 0.145. The van der Waals surface area contributed by atoms with Gasteiger partial charge in [0.05, 0.1) is 9.82 Å². The molecule has 0 unspecified atom stereocenters. The summed E-state index contributed by atoms with van der Waals surface area (Å²) in [7, 11) is 2.48. The van der Waals surface area contributed by atoms with Crippen LogP contribution in [0.15, 0.2) is 23.1 Å². The first kappa shape index (κ1) is 10.7. The van der Waals surface area contributed by atoms with Crippen molar-refractivity contribution in [2.24, 2.45) is 0 Å². The van der Waals surface area contributed by atoms with E-state index < -0.39 is 0 Å². The molecule has 0 fully saturated rings. The molecule has 6 heteroatoms. The van der Waals surface area contributed by atoms with E-state index in [1.165, 1.54) is 20.6 Å². The van der Waals surface area contributed by atoms with Crippen LogP contribution in [0, 0.1) is 17.0 Å². The fraction of sp³-hybridized carbons (Fsp3) is 0.143. The molecular formula is C7H7NO2S3. The third kappa shape index (κ3) is 2.82. The van der Waals surface area contributed by atoms with Gasteiger partial charge < -0.3 is 0 Å². The fourth-order valence-corrected chi connectivity index (χ4v) is 2.69. The number of hydrogen-bond donors (Lipinski definition) is 1. The monoisotopic (exact) mass is 233 g/mol. The van der Waals surface area contributed by atoms with E-state index in [0.717, 1.165) is 5.56 Å². The molecule has 0 saturated carbocycles. The Hall–Kier alpha value is -0.330. The van der Waals surface area contributed by atoms with Gasteiger partial charge in [-0.1, -0.05) is 17.7 Å². The summed E-state index contributed by atoms with van der Waals surface area (Å²) in [6, 6.07) is 5.15. The van der Waals surface area contributed by atoms with Crippen molar-refractivity contribution >= 4 is 38.0 Å². The normalized spacial score (nSPS) is 10.0. The van der Waals surface area contributed by atoms with Crippen LogP contribution in [-0.4, -0.2) is 4.92 Å². The highest BCUT2D eigenvalue weighted by Crippen LogP contribution is 2.39. The average molecular weight is 233 g/mol. The Morgan fingerprint density at radius 2 is 2.23 bits per heavy atom. The number of thiol groups is 1. The van der Waals surface area contributed by atoms with E-state index in [-0.39, 0.29) is 10.6 Å². The number of benzene rings is 1. The lowest BCUT2D eigenvalue weighted by Gasteiger charge is -2.00. The van der Waals surface area contributed by atoms with Crippen molar-refractivity contribution in [1.29, 1.82) is 0 Å². The first-order valence-electron chi connectivity index (χ1n) is 3.38. The second-order valence-electron chi connectivity index (χ2n) is 2.39. The van der Waals surface area contributed by atoms with Crippen molar-refractivity contribution in [1.82, 2.24) is 0 Å². The Morgan fingerprint density at radius 1 is 1.54 bits per heavy atom. The van der Waals surface area contributed by atoms with Gasteiger partial charge in [0.1, 0.15) is 0 Å². The molecule has 0 radical (unpaired) electrons. The second kappa shape index (κ2) is 4.78.